The van der Waals surface area contributed by atoms with E-state index in [-0.39, 0.29) is 17.9 Å². The fraction of sp³-hybridized carbons (Fsp3) is 0.0833. The van der Waals surface area contributed by atoms with E-state index >= 15 is 0 Å². The molecule has 3 aromatic heterocycles. The third-order valence-corrected chi connectivity index (χ3v) is 6.31. The molecule has 3 heterocycles. The summed E-state index contributed by atoms with van der Waals surface area (Å²) in [6.07, 6.45) is 0. The average Bonchev–Trinajstić information content (AvgIpc) is 3.37. The standard InChI is InChI=1S/C24H16N4O4S/c1-13-3-8-19-16(9-13)20(28-22(29)17-11-33-12-18(17)26-24(28)32)21(23(30)31)27(19)10-14-4-6-15(25-2)7-5-14/h3-9,11-12H,10H2,1H3,(H,26,32)(H,30,31). The molecule has 8 nitrogen and oxygen atoms in total. The number of hydrogen-bond acceptors (Lipinski definition) is 4. The number of fused-ring (bicyclic) bond motifs is 2. The molecule has 33 heavy (non-hydrogen) atoms. The molecule has 0 amide bonds. The van der Waals surface area contributed by atoms with Crippen LogP contribution in [0.2, 0.25) is 0 Å². The zero-order chi connectivity index (χ0) is 23.3. The Kier molecular flexibility index (Phi) is 4.73. The van der Waals surface area contributed by atoms with Crippen molar-refractivity contribution < 1.29 is 9.90 Å². The van der Waals surface area contributed by atoms with E-state index in [2.05, 4.69) is 9.83 Å². The summed E-state index contributed by atoms with van der Waals surface area (Å²) in [5.41, 5.74) is 1.74. The minimum Gasteiger partial charge on any atom is -0.477 e. The molecular weight excluding hydrogens is 440 g/mol. The van der Waals surface area contributed by atoms with Crippen molar-refractivity contribution in [2.45, 2.75) is 13.5 Å². The molecule has 0 radical (unpaired) electrons. The van der Waals surface area contributed by atoms with Gasteiger partial charge in [0.05, 0.1) is 28.7 Å². The number of nitrogens with zero attached hydrogens (tertiary/aromatic N) is 3. The Hall–Kier alpha value is -4.42. The van der Waals surface area contributed by atoms with Crippen LogP contribution in [0.25, 0.3) is 32.3 Å². The number of aromatic carboxylic acids is 1. The van der Waals surface area contributed by atoms with Gasteiger partial charge in [0.25, 0.3) is 5.56 Å². The summed E-state index contributed by atoms with van der Waals surface area (Å²) in [6, 6.07) is 12.3. The third kappa shape index (κ3) is 3.24. The van der Waals surface area contributed by atoms with Crippen molar-refractivity contribution in [1.82, 2.24) is 14.1 Å². The van der Waals surface area contributed by atoms with Gasteiger partial charge in [0, 0.05) is 22.7 Å². The molecule has 162 valence electrons. The predicted molar refractivity (Wildman–Crippen MR) is 127 cm³/mol. The van der Waals surface area contributed by atoms with Gasteiger partial charge in [-0.1, -0.05) is 35.9 Å². The number of aromatic nitrogens is 3. The number of rotatable bonds is 4. The molecule has 0 saturated carbocycles. The number of benzene rings is 2. The Morgan fingerprint density at radius 3 is 2.58 bits per heavy atom. The van der Waals surface area contributed by atoms with E-state index in [4.69, 9.17) is 6.57 Å². The monoisotopic (exact) mass is 456 g/mol. The normalized spacial score (nSPS) is 11.2. The summed E-state index contributed by atoms with van der Waals surface area (Å²) < 4.78 is 2.50. The summed E-state index contributed by atoms with van der Waals surface area (Å²) in [7, 11) is 0. The average molecular weight is 456 g/mol. The second-order valence-electron chi connectivity index (χ2n) is 7.66. The fourth-order valence-electron chi connectivity index (χ4n) is 4.06. The number of carboxylic acids is 1. The Balaban J connectivity index is 1.87. The molecule has 0 aliphatic heterocycles. The molecule has 5 aromatic rings. The Bertz CT molecular complexity index is 1730. The Morgan fingerprint density at radius 2 is 1.88 bits per heavy atom. The van der Waals surface area contributed by atoms with Crippen LogP contribution in [0.15, 0.2) is 62.8 Å². The maximum Gasteiger partial charge on any atom is 0.354 e. The van der Waals surface area contributed by atoms with E-state index in [1.807, 2.05) is 13.0 Å². The van der Waals surface area contributed by atoms with Crippen LogP contribution in [0.3, 0.4) is 0 Å². The summed E-state index contributed by atoms with van der Waals surface area (Å²) in [4.78, 5) is 44.8. The maximum absolute atomic E-state index is 13.3. The molecule has 5 rings (SSSR count). The molecule has 0 aliphatic carbocycles. The van der Waals surface area contributed by atoms with Crippen LogP contribution in [0.1, 0.15) is 21.6 Å². The highest BCUT2D eigenvalue weighted by Gasteiger charge is 2.27. The van der Waals surface area contributed by atoms with Crippen molar-refractivity contribution in [3.8, 4) is 5.69 Å². The molecule has 0 saturated heterocycles. The molecule has 0 unspecified atom stereocenters. The lowest BCUT2D eigenvalue weighted by Gasteiger charge is -2.10. The lowest BCUT2D eigenvalue weighted by molar-refractivity contribution is 0.0686. The van der Waals surface area contributed by atoms with Gasteiger partial charge >= 0.3 is 11.7 Å². The summed E-state index contributed by atoms with van der Waals surface area (Å²) in [5.74, 6) is -1.26. The van der Waals surface area contributed by atoms with Crippen molar-refractivity contribution in [2.24, 2.45) is 0 Å². The second kappa shape index (κ2) is 7.62. The largest absolute Gasteiger partial charge is 0.477 e. The van der Waals surface area contributed by atoms with E-state index in [0.717, 1.165) is 15.7 Å². The first-order chi connectivity index (χ1) is 15.9. The number of aromatic amines is 1. The van der Waals surface area contributed by atoms with Crippen LogP contribution in [0, 0.1) is 13.5 Å². The number of aryl methyl sites for hydroxylation is 1. The number of nitrogens with one attached hydrogen (secondary N) is 1. The SMILES string of the molecule is [C-]#[N+]c1ccc(Cn2c(C(=O)O)c(-n3c(=O)[nH]c4cscc4c3=O)c3cc(C)ccc32)cc1. The minimum absolute atomic E-state index is 0.0401. The van der Waals surface area contributed by atoms with Gasteiger partial charge < -0.3 is 14.7 Å². The fourth-order valence-corrected chi connectivity index (χ4v) is 4.82. The topological polar surface area (TPSA) is 101 Å². The maximum atomic E-state index is 13.3. The lowest BCUT2D eigenvalue weighted by atomic mass is 10.1. The highest BCUT2D eigenvalue weighted by molar-refractivity contribution is 7.09. The van der Waals surface area contributed by atoms with Gasteiger partial charge in [-0.25, -0.2) is 19.0 Å². The van der Waals surface area contributed by atoms with E-state index in [1.165, 1.54) is 11.3 Å². The highest BCUT2D eigenvalue weighted by Crippen LogP contribution is 2.31. The van der Waals surface area contributed by atoms with Crippen molar-refractivity contribution in [3.63, 3.8) is 0 Å². The molecular formula is C24H16N4O4S. The van der Waals surface area contributed by atoms with Crippen molar-refractivity contribution in [2.75, 3.05) is 0 Å². The third-order valence-electron chi connectivity index (χ3n) is 5.56. The van der Waals surface area contributed by atoms with Gasteiger partial charge in [-0.15, -0.1) is 11.3 Å². The van der Waals surface area contributed by atoms with Gasteiger partial charge in [0.15, 0.2) is 11.4 Å². The molecule has 0 spiro atoms. The number of carbonyl (C=O) groups is 1. The quantitative estimate of drug-likeness (QED) is 0.394. The lowest BCUT2D eigenvalue weighted by Crippen LogP contribution is -2.34. The van der Waals surface area contributed by atoms with Crippen LogP contribution < -0.4 is 11.2 Å². The van der Waals surface area contributed by atoms with Crippen LogP contribution >= 0.6 is 11.3 Å². The summed E-state index contributed by atoms with van der Waals surface area (Å²) >= 11 is 1.28. The zero-order valence-corrected chi connectivity index (χ0v) is 18.1. The molecule has 9 heteroatoms. The molecule has 0 aliphatic rings. The molecule has 0 bridgehead atoms. The summed E-state index contributed by atoms with van der Waals surface area (Å²) in [6.45, 7) is 9.16. The van der Waals surface area contributed by atoms with Gasteiger partial charge in [0.2, 0.25) is 0 Å². The number of hydrogen-bond donors (Lipinski definition) is 2. The first-order valence-electron chi connectivity index (χ1n) is 9.93. The first-order valence-corrected chi connectivity index (χ1v) is 10.9. The highest BCUT2D eigenvalue weighted by atomic mass is 32.1. The van der Waals surface area contributed by atoms with Gasteiger partial charge in [-0.3, -0.25) is 4.79 Å². The van der Waals surface area contributed by atoms with E-state index in [0.29, 0.717) is 27.5 Å². The van der Waals surface area contributed by atoms with Crippen LogP contribution in [-0.4, -0.2) is 25.2 Å². The smallest absolute Gasteiger partial charge is 0.354 e. The second-order valence-corrected chi connectivity index (χ2v) is 8.40. The molecule has 2 N–H and O–H groups in total. The van der Waals surface area contributed by atoms with Gasteiger partial charge in [0.1, 0.15) is 0 Å². The zero-order valence-electron chi connectivity index (χ0n) is 17.3. The van der Waals surface area contributed by atoms with E-state index < -0.39 is 17.2 Å². The van der Waals surface area contributed by atoms with Gasteiger partial charge in [-0.2, -0.15) is 0 Å². The van der Waals surface area contributed by atoms with Crippen molar-refractivity contribution >= 4 is 44.8 Å². The summed E-state index contributed by atoms with van der Waals surface area (Å²) in [5, 5.41) is 14.3. The number of thiophene rings is 1. The van der Waals surface area contributed by atoms with Gasteiger partial charge in [-0.05, 0) is 24.6 Å². The predicted octanol–water partition coefficient (Wildman–Crippen LogP) is 4.30. The van der Waals surface area contributed by atoms with Crippen LogP contribution in [0.4, 0.5) is 5.69 Å². The Morgan fingerprint density at radius 1 is 1.12 bits per heavy atom. The van der Waals surface area contributed by atoms with Crippen LogP contribution in [-0.2, 0) is 6.54 Å². The molecule has 0 atom stereocenters. The van der Waals surface area contributed by atoms with E-state index in [9.17, 15) is 19.5 Å². The Labute approximate surface area is 190 Å². The van der Waals surface area contributed by atoms with Crippen molar-refractivity contribution in [1.29, 1.82) is 0 Å². The molecule has 2 aromatic carbocycles. The van der Waals surface area contributed by atoms with Crippen LogP contribution in [0.5, 0.6) is 0 Å². The molecule has 0 fully saturated rings. The minimum atomic E-state index is -1.26. The number of H-pyrrole nitrogens is 1. The van der Waals surface area contributed by atoms with Crippen molar-refractivity contribution in [3.05, 3.63) is 102 Å². The van der Waals surface area contributed by atoms with E-state index in [1.54, 1.807) is 51.7 Å². The first kappa shape index (κ1) is 20.5. The number of carboxylic acid groups (broad SMARTS) is 1.